The largest absolute Gasteiger partial charge is 0.461 e. The Hall–Kier alpha value is -3.63. The highest BCUT2D eigenvalue weighted by atomic mass is 35.5. The summed E-state index contributed by atoms with van der Waals surface area (Å²) in [6, 6.07) is 6.89. The van der Waals surface area contributed by atoms with Gasteiger partial charge >= 0.3 is 0 Å². The number of hydrogen-bond donors (Lipinski definition) is 2. The zero-order valence-corrected chi connectivity index (χ0v) is 18.1. The molecule has 0 unspecified atom stereocenters. The number of fused-ring (bicyclic) bond motifs is 1. The van der Waals surface area contributed by atoms with Crippen LogP contribution in [0, 0.1) is 6.92 Å². The summed E-state index contributed by atoms with van der Waals surface area (Å²) in [5.74, 6) is 0.498. The first-order valence-electron chi connectivity index (χ1n) is 9.85. The number of ether oxygens (including phenoxy) is 2. The first kappa shape index (κ1) is 21.6. The topological polar surface area (TPSA) is 128 Å². The van der Waals surface area contributed by atoms with E-state index in [1.807, 2.05) is 19.9 Å². The Kier molecular flexibility index (Phi) is 6.52. The Morgan fingerprint density at radius 1 is 1.22 bits per heavy atom. The number of anilines is 1. The fraction of sp³-hybridized carbons (Fsp3) is 0.238. The van der Waals surface area contributed by atoms with E-state index >= 15 is 0 Å². The van der Waals surface area contributed by atoms with E-state index in [2.05, 4.69) is 35.5 Å². The van der Waals surface area contributed by atoms with E-state index in [0.29, 0.717) is 34.3 Å². The standard InChI is InChI=1S/C21H20ClN7O3/c1-3-31-11-16(20(30)26-17-7-6-13(22)9-24-17)32-21-15-10-25-29-19(15)27-18(28-21)14-5-4-8-23-12(14)2/h4-10,16H,3,11H2,1-2H3,(H,24,26,30)(H,25,27,28,29)/t16-/m0/s1. The number of halogens is 1. The van der Waals surface area contributed by atoms with Crippen LogP contribution in [0.15, 0.2) is 42.9 Å². The van der Waals surface area contributed by atoms with Crippen LogP contribution in [-0.2, 0) is 9.53 Å². The van der Waals surface area contributed by atoms with Crippen LogP contribution in [-0.4, -0.2) is 55.4 Å². The average Bonchev–Trinajstić information content (AvgIpc) is 3.27. The molecule has 0 aliphatic heterocycles. The van der Waals surface area contributed by atoms with Crippen molar-refractivity contribution in [2.75, 3.05) is 18.5 Å². The van der Waals surface area contributed by atoms with Gasteiger partial charge < -0.3 is 14.8 Å². The quantitative estimate of drug-likeness (QED) is 0.416. The van der Waals surface area contributed by atoms with Crippen molar-refractivity contribution in [3.8, 4) is 17.3 Å². The smallest absolute Gasteiger partial charge is 0.269 e. The lowest BCUT2D eigenvalue weighted by Gasteiger charge is -2.18. The molecule has 0 saturated heterocycles. The normalized spacial score (nSPS) is 12.0. The first-order chi connectivity index (χ1) is 15.5. The van der Waals surface area contributed by atoms with E-state index in [1.165, 1.54) is 6.20 Å². The van der Waals surface area contributed by atoms with Gasteiger partial charge in [-0.05, 0) is 38.1 Å². The molecule has 2 N–H and O–H groups in total. The summed E-state index contributed by atoms with van der Waals surface area (Å²) in [5.41, 5.74) is 1.97. The third kappa shape index (κ3) is 4.82. The third-order valence-corrected chi connectivity index (χ3v) is 4.74. The number of carbonyl (C=O) groups excluding carboxylic acids is 1. The van der Waals surface area contributed by atoms with Crippen LogP contribution in [0.4, 0.5) is 5.82 Å². The van der Waals surface area contributed by atoms with Crippen LogP contribution < -0.4 is 10.1 Å². The van der Waals surface area contributed by atoms with Gasteiger partial charge in [0.05, 0.1) is 17.8 Å². The van der Waals surface area contributed by atoms with E-state index in [9.17, 15) is 4.79 Å². The van der Waals surface area contributed by atoms with Crippen molar-refractivity contribution in [3.63, 3.8) is 0 Å². The van der Waals surface area contributed by atoms with Crippen LogP contribution in [0.2, 0.25) is 5.02 Å². The molecular formula is C21H20ClN7O3. The lowest BCUT2D eigenvalue weighted by Crippen LogP contribution is -2.37. The molecule has 10 nitrogen and oxygen atoms in total. The molecule has 164 valence electrons. The van der Waals surface area contributed by atoms with E-state index in [-0.39, 0.29) is 12.5 Å². The second-order valence-electron chi connectivity index (χ2n) is 6.74. The maximum absolute atomic E-state index is 12.9. The van der Waals surface area contributed by atoms with Crippen molar-refractivity contribution < 1.29 is 14.3 Å². The van der Waals surface area contributed by atoms with Crippen LogP contribution in [0.5, 0.6) is 5.88 Å². The van der Waals surface area contributed by atoms with Gasteiger partial charge in [0.1, 0.15) is 11.2 Å². The van der Waals surface area contributed by atoms with Crippen LogP contribution >= 0.6 is 11.6 Å². The number of rotatable bonds is 8. The van der Waals surface area contributed by atoms with E-state index < -0.39 is 12.0 Å². The predicted molar refractivity (Wildman–Crippen MR) is 118 cm³/mol. The molecule has 1 amide bonds. The maximum Gasteiger partial charge on any atom is 0.269 e. The van der Waals surface area contributed by atoms with Crippen molar-refractivity contribution in [1.82, 2.24) is 30.1 Å². The Morgan fingerprint density at radius 3 is 2.84 bits per heavy atom. The summed E-state index contributed by atoms with van der Waals surface area (Å²) in [4.78, 5) is 30.4. The zero-order chi connectivity index (χ0) is 22.5. The maximum atomic E-state index is 12.9. The molecule has 0 bridgehead atoms. The molecule has 0 aliphatic carbocycles. The minimum atomic E-state index is -0.997. The van der Waals surface area contributed by atoms with Crippen molar-refractivity contribution >= 4 is 34.4 Å². The van der Waals surface area contributed by atoms with Gasteiger partial charge in [-0.25, -0.2) is 9.97 Å². The summed E-state index contributed by atoms with van der Waals surface area (Å²) in [6.45, 7) is 4.12. The molecule has 0 fully saturated rings. The van der Waals surface area contributed by atoms with Gasteiger partial charge in [-0.1, -0.05) is 11.6 Å². The zero-order valence-electron chi connectivity index (χ0n) is 17.4. The molecule has 1 atom stereocenters. The Morgan fingerprint density at radius 2 is 2.09 bits per heavy atom. The molecule has 4 rings (SSSR count). The summed E-state index contributed by atoms with van der Waals surface area (Å²) in [6.07, 6.45) is 3.68. The van der Waals surface area contributed by atoms with Gasteiger partial charge in [-0.2, -0.15) is 10.1 Å². The number of carbonyl (C=O) groups is 1. The second kappa shape index (κ2) is 9.67. The number of aromatic amines is 1. The number of aromatic nitrogens is 6. The van der Waals surface area contributed by atoms with Gasteiger partial charge in [0.2, 0.25) is 12.0 Å². The molecule has 0 spiro atoms. The van der Waals surface area contributed by atoms with Gasteiger partial charge in [0.25, 0.3) is 5.91 Å². The third-order valence-electron chi connectivity index (χ3n) is 4.52. The lowest BCUT2D eigenvalue weighted by atomic mass is 10.2. The molecule has 0 saturated carbocycles. The van der Waals surface area contributed by atoms with Crippen molar-refractivity contribution in [2.45, 2.75) is 20.0 Å². The first-order valence-corrected chi connectivity index (χ1v) is 10.2. The molecule has 4 aromatic rings. The van der Waals surface area contributed by atoms with Crippen LogP contribution in [0.25, 0.3) is 22.4 Å². The Balaban J connectivity index is 1.66. The number of nitrogens with zero attached hydrogens (tertiary/aromatic N) is 5. The number of aryl methyl sites for hydroxylation is 1. The van der Waals surface area contributed by atoms with Gasteiger partial charge in [-0.15, -0.1) is 0 Å². The highest BCUT2D eigenvalue weighted by Gasteiger charge is 2.24. The molecule has 0 aromatic carbocycles. The monoisotopic (exact) mass is 453 g/mol. The lowest BCUT2D eigenvalue weighted by molar-refractivity contribution is -0.125. The number of H-pyrrole nitrogens is 1. The molecule has 0 radical (unpaired) electrons. The van der Waals surface area contributed by atoms with Gasteiger partial charge in [0, 0.05) is 30.3 Å². The summed E-state index contributed by atoms with van der Waals surface area (Å²) in [7, 11) is 0. The van der Waals surface area contributed by atoms with Crippen LogP contribution in [0.3, 0.4) is 0 Å². The highest BCUT2D eigenvalue weighted by Crippen LogP contribution is 2.27. The number of hydrogen-bond acceptors (Lipinski definition) is 8. The van der Waals surface area contributed by atoms with Crippen molar-refractivity contribution in [3.05, 3.63) is 53.6 Å². The highest BCUT2D eigenvalue weighted by molar-refractivity contribution is 6.30. The minimum Gasteiger partial charge on any atom is -0.461 e. The molecule has 11 heteroatoms. The molecule has 4 aromatic heterocycles. The van der Waals surface area contributed by atoms with Crippen molar-refractivity contribution in [1.29, 1.82) is 0 Å². The molecular weight excluding hydrogens is 434 g/mol. The summed E-state index contributed by atoms with van der Waals surface area (Å²) >= 11 is 5.86. The Labute approximate surface area is 188 Å². The van der Waals surface area contributed by atoms with Crippen molar-refractivity contribution in [2.24, 2.45) is 0 Å². The predicted octanol–water partition coefficient (Wildman–Crippen LogP) is 3.19. The summed E-state index contributed by atoms with van der Waals surface area (Å²) < 4.78 is 11.5. The molecule has 32 heavy (non-hydrogen) atoms. The number of pyridine rings is 2. The van der Waals surface area contributed by atoms with E-state index in [0.717, 1.165) is 11.3 Å². The minimum absolute atomic E-state index is 0.0144. The second-order valence-corrected chi connectivity index (χ2v) is 7.17. The molecule has 4 heterocycles. The fourth-order valence-corrected chi connectivity index (χ4v) is 3.03. The Bertz CT molecular complexity index is 1230. The van der Waals surface area contributed by atoms with Gasteiger partial charge in [-0.3, -0.25) is 14.9 Å². The fourth-order valence-electron chi connectivity index (χ4n) is 2.92. The van der Waals surface area contributed by atoms with Gasteiger partial charge in [0.15, 0.2) is 11.5 Å². The average molecular weight is 454 g/mol. The van der Waals surface area contributed by atoms with Crippen LogP contribution in [0.1, 0.15) is 12.6 Å². The number of nitrogens with one attached hydrogen (secondary N) is 2. The van der Waals surface area contributed by atoms with E-state index in [1.54, 1.807) is 30.6 Å². The molecule has 0 aliphatic rings. The summed E-state index contributed by atoms with van der Waals surface area (Å²) in [5, 5.41) is 10.6. The SMILES string of the molecule is CCOC[C@H](Oc1nc(-c2cccnc2C)nc2[nH]ncc12)C(=O)Nc1ccc(Cl)cn1. The van der Waals surface area contributed by atoms with E-state index in [4.69, 9.17) is 21.1 Å². The number of amides is 1.